The first-order valence-electron chi connectivity index (χ1n) is 14.8. The van der Waals surface area contributed by atoms with Crippen molar-refractivity contribution in [1.82, 2.24) is 0 Å². The van der Waals surface area contributed by atoms with E-state index in [1.54, 1.807) is 0 Å². The summed E-state index contributed by atoms with van der Waals surface area (Å²) in [5.41, 5.74) is 3.71. The molecule has 0 amide bonds. The van der Waals surface area contributed by atoms with Gasteiger partial charge in [-0.15, -0.1) is 0 Å². The van der Waals surface area contributed by atoms with Gasteiger partial charge in [-0.2, -0.15) is 0 Å². The molecule has 0 N–H and O–H groups in total. The largest absolute Gasteiger partial charge is 0.298 e. The van der Waals surface area contributed by atoms with E-state index < -0.39 is 0 Å². The van der Waals surface area contributed by atoms with Crippen LogP contribution in [-0.4, -0.2) is 12.6 Å². The normalized spacial score (nSPS) is 11.1. The van der Waals surface area contributed by atoms with Gasteiger partial charge in [0.2, 0.25) is 0 Å². The maximum absolute atomic E-state index is 11.7. The van der Waals surface area contributed by atoms with Gasteiger partial charge in [0.25, 0.3) is 0 Å². The number of carbonyl (C=O) groups excluding carboxylic acids is 2. The number of carbonyl (C=O) groups is 2. The molecule has 0 bridgehead atoms. The zero-order valence-electron chi connectivity index (χ0n) is 22.7. The van der Waals surface area contributed by atoms with Crippen LogP contribution in [0.4, 0.5) is 0 Å². The van der Waals surface area contributed by atoms with Crippen LogP contribution >= 0.6 is 0 Å². The van der Waals surface area contributed by atoms with Crippen molar-refractivity contribution in [3.63, 3.8) is 0 Å². The summed E-state index contributed by atoms with van der Waals surface area (Å²) in [7, 11) is 0. The maximum Gasteiger partial charge on any atom is 0.150 e. The molecular formula is C32H54O2. The van der Waals surface area contributed by atoms with Crippen LogP contribution in [0.2, 0.25) is 0 Å². The Bertz CT molecular complexity index is 578. The standard InChI is InChI=1S/C32H54O2/c1-3-5-7-9-11-13-15-17-19-21-23-29-25-32(28-34)30(26-31(29)27-33)24-22-20-18-16-14-12-10-8-6-4-2/h25-28H,3-24H2,1-2H3. The second-order valence-electron chi connectivity index (χ2n) is 10.3. The number of hydrogen-bond acceptors (Lipinski definition) is 2. The Morgan fingerprint density at radius 2 is 0.706 bits per heavy atom. The molecule has 1 rings (SSSR count). The predicted octanol–water partition coefficient (Wildman–Crippen LogP) is 10.2. The van der Waals surface area contributed by atoms with Crippen molar-refractivity contribution >= 4 is 12.6 Å². The highest BCUT2D eigenvalue weighted by atomic mass is 16.1. The van der Waals surface area contributed by atoms with Crippen molar-refractivity contribution in [2.24, 2.45) is 0 Å². The van der Waals surface area contributed by atoms with Crippen LogP contribution in [0.5, 0.6) is 0 Å². The lowest BCUT2D eigenvalue weighted by molar-refractivity contribution is 0.111. The molecule has 0 unspecified atom stereocenters. The van der Waals surface area contributed by atoms with Crippen molar-refractivity contribution < 1.29 is 9.59 Å². The van der Waals surface area contributed by atoms with Gasteiger partial charge in [0, 0.05) is 11.1 Å². The predicted molar refractivity (Wildman–Crippen MR) is 148 cm³/mol. The molecule has 194 valence electrons. The summed E-state index contributed by atoms with van der Waals surface area (Å²) in [6.07, 6.45) is 30.0. The van der Waals surface area contributed by atoms with E-state index in [4.69, 9.17) is 0 Å². The topological polar surface area (TPSA) is 34.1 Å². The summed E-state index contributed by atoms with van der Waals surface area (Å²) >= 11 is 0. The quantitative estimate of drug-likeness (QED) is 0.111. The van der Waals surface area contributed by atoms with Crippen molar-refractivity contribution in [3.05, 3.63) is 34.4 Å². The average molecular weight is 471 g/mol. The van der Waals surface area contributed by atoms with Gasteiger partial charge in [0.15, 0.2) is 0 Å². The van der Waals surface area contributed by atoms with E-state index in [9.17, 15) is 9.59 Å². The molecule has 0 aliphatic rings. The zero-order valence-corrected chi connectivity index (χ0v) is 22.7. The molecule has 0 fully saturated rings. The van der Waals surface area contributed by atoms with Gasteiger partial charge in [-0.05, 0) is 48.9 Å². The van der Waals surface area contributed by atoms with E-state index in [1.807, 2.05) is 12.1 Å². The van der Waals surface area contributed by atoms with E-state index in [0.717, 1.165) is 60.5 Å². The van der Waals surface area contributed by atoms with Crippen LogP contribution in [0.3, 0.4) is 0 Å². The number of unbranched alkanes of at least 4 members (excludes halogenated alkanes) is 18. The Morgan fingerprint density at radius 1 is 0.441 bits per heavy atom. The molecule has 0 saturated carbocycles. The first-order chi connectivity index (χ1) is 16.8. The van der Waals surface area contributed by atoms with Gasteiger partial charge < -0.3 is 0 Å². The highest BCUT2D eigenvalue weighted by Crippen LogP contribution is 2.21. The Kier molecular flexibility index (Phi) is 19.8. The third kappa shape index (κ3) is 14.7. The van der Waals surface area contributed by atoms with Gasteiger partial charge in [0.05, 0.1) is 0 Å². The van der Waals surface area contributed by atoms with E-state index in [-0.39, 0.29) is 0 Å². The molecule has 1 aromatic carbocycles. The second kappa shape index (κ2) is 22.1. The highest BCUT2D eigenvalue weighted by molar-refractivity contribution is 5.84. The van der Waals surface area contributed by atoms with Crippen LogP contribution in [0, 0.1) is 0 Å². The van der Waals surface area contributed by atoms with Crippen molar-refractivity contribution in [2.45, 2.75) is 155 Å². The van der Waals surface area contributed by atoms with Crippen LogP contribution < -0.4 is 0 Å². The lowest BCUT2D eigenvalue weighted by atomic mass is 9.93. The minimum Gasteiger partial charge on any atom is -0.298 e. The summed E-state index contributed by atoms with van der Waals surface area (Å²) in [6.45, 7) is 4.53. The fraction of sp³-hybridized carbons (Fsp3) is 0.750. The molecule has 2 nitrogen and oxygen atoms in total. The smallest absolute Gasteiger partial charge is 0.150 e. The lowest BCUT2D eigenvalue weighted by Gasteiger charge is -2.11. The Morgan fingerprint density at radius 3 is 0.971 bits per heavy atom. The van der Waals surface area contributed by atoms with Gasteiger partial charge >= 0.3 is 0 Å². The molecule has 0 atom stereocenters. The number of aryl methyl sites for hydroxylation is 2. The Balaban J connectivity index is 2.29. The number of hydrogen-bond donors (Lipinski definition) is 0. The monoisotopic (exact) mass is 470 g/mol. The third-order valence-electron chi connectivity index (χ3n) is 7.25. The first-order valence-corrected chi connectivity index (χ1v) is 14.8. The molecule has 0 spiro atoms. The van der Waals surface area contributed by atoms with Crippen LogP contribution in [0.25, 0.3) is 0 Å². The summed E-state index contributed by atoms with van der Waals surface area (Å²) in [5, 5.41) is 0. The summed E-state index contributed by atoms with van der Waals surface area (Å²) < 4.78 is 0. The molecular weight excluding hydrogens is 416 g/mol. The fourth-order valence-electron chi connectivity index (χ4n) is 4.99. The average Bonchev–Trinajstić information content (AvgIpc) is 2.86. The third-order valence-corrected chi connectivity index (χ3v) is 7.25. The molecule has 1 aromatic rings. The maximum atomic E-state index is 11.7. The van der Waals surface area contributed by atoms with Crippen molar-refractivity contribution in [1.29, 1.82) is 0 Å². The SMILES string of the molecule is CCCCCCCCCCCCc1cc(C=O)c(CCCCCCCCCCCC)cc1C=O. The van der Waals surface area contributed by atoms with Crippen LogP contribution in [0.1, 0.15) is 174 Å². The summed E-state index contributed by atoms with van der Waals surface area (Å²) in [4.78, 5) is 23.4. The molecule has 0 heterocycles. The van der Waals surface area contributed by atoms with Crippen molar-refractivity contribution in [2.75, 3.05) is 0 Å². The van der Waals surface area contributed by atoms with E-state index in [2.05, 4.69) is 13.8 Å². The number of aldehydes is 2. The second-order valence-corrected chi connectivity index (χ2v) is 10.3. The molecule has 0 aromatic heterocycles. The van der Waals surface area contributed by atoms with Gasteiger partial charge in [-0.1, -0.05) is 129 Å². The summed E-state index contributed by atoms with van der Waals surface area (Å²) in [5.74, 6) is 0. The molecule has 2 heteroatoms. The van der Waals surface area contributed by atoms with Gasteiger partial charge in [-0.3, -0.25) is 9.59 Å². The van der Waals surface area contributed by atoms with Gasteiger partial charge in [-0.25, -0.2) is 0 Å². The zero-order chi connectivity index (χ0) is 24.7. The highest BCUT2D eigenvalue weighted by Gasteiger charge is 2.09. The Hall–Kier alpha value is -1.44. The van der Waals surface area contributed by atoms with E-state index in [0.29, 0.717) is 0 Å². The Labute approximate surface area is 211 Å². The minimum absolute atomic E-state index is 0.795. The molecule has 0 saturated heterocycles. The van der Waals surface area contributed by atoms with Gasteiger partial charge in [0.1, 0.15) is 12.6 Å². The summed E-state index contributed by atoms with van der Waals surface area (Å²) in [6, 6.07) is 3.99. The van der Waals surface area contributed by atoms with E-state index in [1.165, 1.54) is 116 Å². The molecule has 0 aliphatic heterocycles. The van der Waals surface area contributed by atoms with E-state index >= 15 is 0 Å². The van der Waals surface area contributed by atoms with Crippen LogP contribution in [0.15, 0.2) is 12.1 Å². The van der Waals surface area contributed by atoms with Crippen LogP contribution in [-0.2, 0) is 12.8 Å². The van der Waals surface area contributed by atoms with Crippen molar-refractivity contribution in [3.8, 4) is 0 Å². The molecule has 0 aliphatic carbocycles. The molecule has 34 heavy (non-hydrogen) atoms. The number of rotatable bonds is 24. The fourth-order valence-corrected chi connectivity index (χ4v) is 4.99. The first kappa shape index (κ1) is 30.6. The lowest BCUT2D eigenvalue weighted by Crippen LogP contribution is -2.01. The molecule has 0 radical (unpaired) electrons. The minimum atomic E-state index is 0.795. The number of benzene rings is 1.